The van der Waals surface area contributed by atoms with E-state index in [9.17, 15) is 0 Å². The number of hydrogen-bond donors (Lipinski definition) is 0. The van der Waals surface area contributed by atoms with Gasteiger partial charge in [-0.3, -0.25) is 0 Å². The zero-order valence-corrected chi connectivity index (χ0v) is 7.17. The largest absolute Gasteiger partial charge is 0.494 e. The summed E-state index contributed by atoms with van der Waals surface area (Å²) in [6.07, 6.45) is 1.03. The van der Waals surface area contributed by atoms with E-state index in [0.29, 0.717) is 6.61 Å². The van der Waals surface area contributed by atoms with Crippen LogP contribution in [-0.4, -0.2) is 13.2 Å². The predicted octanol–water partition coefficient (Wildman–Crippen LogP) is 2.02. The van der Waals surface area contributed by atoms with Crippen LogP contribution < -0.4 is 9.47 Å². The highest BCUT2D eigenvalue weighted by atomic mass is 16.5. The molecule has 0 radical (unpaired) electrons. The molecule has 0 saturated carbocycles. The Labute approximate surface area is 72.1 Å². The van der Waals surface area contributed by atoms with Crippen molar-refractivity contribution >= 4 is 0 Å². The fourth-order valence-electron chi connectivity index (χ4n) is 1.40. The molecule has 0 aliphatic carbocycles. The Bertz CT molecular complexity index is 281. The van der Waals surface area contributed by atoms with Crippen LogP contribution >= 0.6 is 0 Å². The minimum absolute atomic E-state index is 0.707. The molecule has 1 aromatic carbocycles. The number of rotatable bonds is 2. The molecule has 0 N–H and O–H groups in total. The van der Waals surface area contributed by atoms with Crippen LogP contribution in [0.5, 0.6) is 11.5 Å². The van der Waals surface area contributed by atoms with Gasteiger partial charge in [0.15, 0.2) is 0 Å². The highest BCUT2D eigenvalue weighted by Gasteiger charge is 2.11. The minimum atomic E-state index is 0.707. The van der Waals surface area contributed by atoms with Crippen LogP contribution in [0.4, 0.5) is 0 Å². The maximum absolute atomic E-state index is 5.41. The first kappa shape index (κ1) is 7.47. The molecule has 12 heavy (non-hydrogen) atoms. The normalized spacial score (nSPS) is 13.8. The predicted molar refractivity (Wildman–Crippen MR) is 46.8 cm³/mol. The smallest absolute Gasteiger partial charge is 0.126 e. The average molecular weight is 164 g/mol. The minimum Gasteiger partial charge on any atom is -0.494 e. The molecule has 0 spiro atoms. The Kier molecular flexibility index (Phi) is 1.90. The van der Waals surface area contributed by atoms with E-state index < -0.39 is 0 Å². The molecule has 0 unspecified atom stereocenters. The molecule has 0 atom stereocenters. The van der Waals surface area contributed by atoms with Gasteiger partial charge in [0, 0.05) is 12.5 Å². The van der Waals surface area contributed by atoms with Crippen LogP contribution in [0, 0.1) is 0 Å². The summed E-state index contributed by atoms with van der Waals surface area (Å²) in [7, 11) is 0. The van der Waals surface area contributed by atoms with E-state index >= 15 is 0 Å². The van der Waals surface area contributed by atoms with Gasteiger partial charge in [-0.25, -0.2) is 0 Å². The molecular formula is C10H12O2. The summed E-state index contributed by atoms with van der Waals surface area (Å²) >= 11 is 0. The van der Waals surface area contributed by atoms with E-state index in [4.69, 9.17) is 9.47 Å². The van der Waals surface area contributed by atoms with E-state index in [1.54, 1.807) is 0 Å². The van der Waals surface area contributed by atoms with Gasteiger partial charge < -0.3 is 9.47 Å². The van der Waals surface area contributed by atoms with E-state index in [1.165, 1.54) is 5.56 Å². The molecule has 0 amide bonds. The zero-order valence-electron chi connectivity index (χ0n) is 7.17. The fraction of sp³-hybridized carbons (Fsp3) is 0.400. The lowest BCUT2D eigenvalue weighted by molar-refractivity contribution is 0.331. The first-order valence-corrected chi connectivity index (χ1v) is 4.28. The molecule has 0 saturated heterocycles. The molecule has 0 fully saturated rings. The van der Waals surface area contributed by atoms with Gasteiger partial charge >= 0.3 is 0 Å². The first-order chi connectivity index (χ1) is 5.90. The topological polar surface area (TPSA) is 18.5 Å². The van der Waals surface area contributed by atoms with E-state index in [-0.39, 0.29) is 0 Å². The molecule has 2 heteroatoms. The van der Waals surface area contributed by atoms with Gasteiger partial charge in [0.05, 0.1) is 13.2 Å². The first-order valence-electron chi connectivity index (χ1n) is 4.28. The molecule has 64 valence electrons. The van der Waals surface area contributed by atoms with Gasteiger partial charge in [0.1, 0.15) is 11.5 Å². The van der Waals surface area contributed by atoms with Crippen molar-refractivity contribution in [3.8, 4) is 11.5 Å². The van der Waals surface area contributed by atoms with Crippen molar-refractivity contribution < 1.29 is 9.47 Å². The van der Waals surface area contributed by atoms with Gasteiger partial charge in [0.25, 0.3) is 0 Å². The molecular weight excluding hydrogens is 152 g/mol. The standard InChI is InChI=1S/C10H12O2/c1-2-11-9-4-3-8-5-6-12-10(8)7-9/h3-4,7H,2,5-6H2,1H3. The number of hydrogen-bond acceptors (Lipinski definition) is 2. The molecule has 1 aliphatic heterocycles. The van der Waals surface area contributed by atoms with Crippen molar-refractivity contribution in [1.82, 2.24) is 0 Å². The Morgan fingerprint density at radius 2 is 2.42 bits per heavy atom. The van der Waals surface area contributed by atoms with E-state index in [1.807, 2.05) is 19.1 Å². The molecule has 1 aromatic rings. The Balaban J connectivity index is 2.26. The van der Waals surface area contributed by atoms with Crippen LogP contribution in [0.2, 0.25) is 0 Å². The highest BCUT2D eigenvalue weighted by Crippen LogP contribution is 2.29. The van der Waals surface area contributed by atoms with Crippen molar-refractivity contribution in [3.05, 3.63) is 23.8 Å². The molecule has 2 rings (SSSR count). The SMILES string of the molecule is CCOc1ccc2c(c1)OCC2. The average Bonchev–Trinajstić information content (AvgIpc) is 2.51. The lowest BCUT2D eigenvalue weighted by Gasteiger charge is -2.04. The van der Waals surface area contributed by atoms with Gasteiger partial charge in [0.2, 0.25) is 0 Å². The van der Waals surface area contributed by atoms with Gasteiger partial charge in [-0.1, -0.05) is 6.07 Å². The van der Waals surface area contributed by atoms with Crippen LogP contribution in [0.15, 0.2) is 18.2 Å². The van der Waals surface area contributed by atoms with E-state index in [0.717, 1.165) is 24.5 Å². The summed E-state index contributed by atoms with van der Waals surface area (Å²) in [4.78, 5) is 0. The number of benzene rings is 1. The van der Waals surface area contributed by atoms with Crippen LogP contribution in [0.25, 0.3) is 0 Å². The second kappa shape index (κ2) is 3.05. The van der Waals surface area contributed by atoms with Crippen LogP contribution in [-0.2, 0) is 6.42 Å². The summed E-state index contributed by atoms with van der Waals surface area (Å²) in [5.41, 5.74) is 1.29. The summed E-state index contributed by atoms with van der Waals surface area (Å²) in [5, 5.41) is 0. The van der Waals surface area contributed by atoms with Crippen molar-refractivity contribution in [2.75, 3.05) is 13.2 Å². The van der Waals surface area contributed by atoms with Crippen LogP contribution in [0.1, 0.15) is 12.5 Å². The summed E-state index contributed by atoms with van der Waals surface area (Å²) in [6, 6.07) is 6.04. The quantitative estimate of drug-likeness (QED) is 0.665. The van der Waals surface area contributed by atoms with Crippen LogP contribution in [0.3, 0.4) is 0 Å². The van der Waals surface area contributed by atoms with Gasteiger partial charge in [-0.15, -0.1) is 0 Å². The number of ether oxygens (including phenoxy) is 2. The third-order valence-electron chi connectivity index (χ3n) is 1.98. The third-order valence-corrected chi connectivity index (χ3v) is 1.98. The second-order valence-electron chi connectivity index (χ2n) is 2.80. The lowest BCUT2D eigenvalue weighted by Crippen LogP contribution is -1.91. The van der Waals surface area contributed by atoms with E-state index in [2.05, 4.69) is 6.07 Å². The summed E-state index contributed by atoms with van der Waals surface area (Å²) in [6.45, 7) is 3.50. The monoisotopic (exact) mass is 164 g/mol. The number of fused-ring (bicyclic) bond motifs is 1. The molecule has 0 aromatic heterocycles. The Morgan fingerprint density at radius 3 is 3.25 bits per heavy atom. The molecule has 1 heterocycles. The lowest BCUT2D eigenvalue weighted by atomic mass is 10.2. The summed E-state index contributed by atoms with van der Waals surface area (Å²) < 4.78 is 10.8. The highest BCUT2D eigenvalue weighted by molar-refractivity contribution is 5.42. The van der Waals surface area contributed by atoms with Crippen molar-refractivity contribution in [3.63, 3.8) is 0 Å². The maximum atomic E-state index is 5.41. The third kappa shape index (κ3) is 1.24. The fourth-order valence-corrected chi connectivity index (χ4v) is 1.40. The zero-order chi connectivity index (χ0) is 8.39. The Hall–Kier alpha value is -1.18. The molecule has 0 bridgehead atoms. The Morgan fingerprint density at radius 1 is 1.50 bits per heavy atom. The van der Waals surface area contributed by atoms with Crippen molar-refractivity contribution in [2.45, 2.75) is 13.3 Å². The molecule has 2 nitrogen and oxygen atoms in total. The summed E-state index contributed by atoms with van der Waals surface area (Å²) in [5.74, 6) is 1.89. The van der Waals surface area contributed by atoms with Gasteiger partial charge in [-0.2, -0.15) is 0 Å². The van der Waals surface area contributed by atoms with Crippen molar-refractivity contribution in [1.29, 1.82) is 0 Å². The second-order valence-corrected chi connectivity index (χ2v) is 2.80. The van der Waals surface area contributed by atoms with Crippen molar-refractivity contribution in [2.24, 2.45) is 0 Å². The maximum Gasteiger partial charge on any atom is 0.126 e. The van der Waals surface area contributed by atoms with Gasteiger partial charge in [-0.05, 0) is 18.6 Å². The molecule has 1 aliphatic rings.